The van der Waals surface area contributed by atoms with E-state index in [0.717, 1.165) is 10.4 Å². The van der Waals surface area contributed by atoms with Crippen molar-refractivity contribution in [3.8, 4) is 0 Å². The standard InChI is InChI=1S/C21H29NO4Si/c1-16(19(22)20(23)24-5)25-27(26-21(2,3)4,17-12-8-6-9-13-17)18-14-10-7-11-15-18/h6-16,19H,22H2,1-5H3/t16-,19+/m1/s1. The Labute approximate surface area is 162 Å². The SMILES string of the molecule is COC(=O)[C@@H](N)[C@@H](C)O[Si](OC(C)(C)C)(c1ccccc1)c1ccccc1. The Morgan fingerprint density at radius 3 is 1.78 bits per heavy atom. The first-order chi connectivity index (χ1) is 12.7. The second kappa shape index (κ2) is 8.80. The number of carbonyl (C=O) groups excluding carboxylic acids is 1. The first-order valence-corrected chi connectivity index (χ1v) is 10.8. The molecule has 0 spiro atoms. The monoisotopic (exact) mass is 387 g/mol. The van der Waals surface area contributed by atoms with Gasteiger partial charge in [-0.15, -0.1) is 0 Å². The molecular formula is C21H29NO4Si. The van der Waals surface area contributed by atoms with Crippen LogP contribution in [0.2, 0.25) is 0 Å². The largest absolute Gasteiger partial charge is 0.468 e. The van der Waals surface area contributed by atoms with Crippen molar-refractivity contribution in [1.29, 1.82) is 0 Å². The molecule has 2 atom stereocenters. The van der Waals surface area contributed by atoms with Gasteiger partial charge < -0.3 is 19.3 Å². The molecule has 0 aliphatic carbocycles. The minimum atomic E-state index is -3.16. The third-order valence-electron chi connectivity index (χ3n) is 4.09. The molecule has 5 nitrogen and oxygen atoms in total. The van der Waals surface area contributed by atoms with Crippen molar-refractivity contribution in [2.75, 3.05) is 7.11 Å². The molecule has 0 bridgehead atoms. The van der Waals surface area contributed by atoms with E-state index in [1.807, 2.05) is 81.4 Å². The van der Waals surface area contributed by atoms with Crippen molar-refractivity contribution in [3.63, 3.8) is 0 Å². The van der Waals surface area contributed by atoms with Gasteiger partial charge in [0, 0.05) is 0 Å². The zero-order valence-electron chi connectivity index (χ0n) is 16.6. The summed E-state index contributed by atoms with van der Waals surface area (Å²) in [6.07, 6.45) is -0.591. The summed E-state index contributed by atoms with van der Waals surface area (Å²) >= 11 is 0. The Morgan fingerprint density at radius 2 is 1.41 bits per heavy atom. The van der Waals surface area contributed by atoms with Crippen LogP contribution in [0, 0.1) is 0 Å². The highest BCUT2D eigenvalue weighted by Crippen LogP contribution is 2.21. The number of benzene rings is 2. The summed E-state index contributed by atoms with van der Waals surface area (Å²) in [5.41, 5.74) is 5.60. The second-order valence-electron chi connectivity index (χ2n) is 7.43. The highest BCUT2D eigenvalue weighted by atomic mass is 28.4. The number of methoxy groups -OCH3 is 1. The molecule has 0 amide bonds. The van der Waals surface area contributed by atoms with Crippen LogP contribution in [-0.2, 0) is 18.4 Å². The highest BCUT2D eigenvalue weighted by Gasteiger charge is 2.48. The fraction of sp³-hybridized carbons (Fsp3) is 0.381. The smallest absolute Gasteiger partial charge is 0.407 e. The van der Waals surface area contributed by atoms with Gasteiger partial charge >= 0.3 is 14.5 Å². The van der Waals surface area contributed by atoms with Crippen molar-refractivity contribution in [1.82, 2.24) is 0 Å². The molecule has 146 valence electrons. The van der Waals surface area contributed by atoms with Crippen LogP contribution in [0.5, 0.6) is 0 Å². The molecule has 0 aliphatic rings. The van der Waals surface area contributed by atoms with Gasteiger partial charge in [0.2, 0.25) is 0 Å². The molecule has 27 heavy (non-hydrogen) atoms. The van der Waals surface area contributed by atoms with E-state index in [4.69, 9.17) is 19.3 Å². The lowest BCUT2D eigenvalue weighted by Gasteiger charge is -2.39. The van der Waals surface area contributed by atoms with Crippen LogP contribution in [0.4, 0.5) is 0 Å². The predicted molar refractivity (Wildman–Crippen MR) is 109 cm³/mol. The van der Waals surface area contributed by atoms with E-state index >= 15 is 0 Å². The first kappa shape index (κ1) is 21.3. The van der Waals surface area contributed by atoms with Crippen LogP contribution in [-0.4, -0.2) is 39.4 Å². The maximum atomic E-state index is 11.9. The minimum absolute atomic E-state index is 0.465. The van der Waals surface area contributed by atoms with Gasteiger partial charge in [-0.2, -0.15) is 0 Å². The maximum absolute atomic E-state index is 11.9. The van der Waals surface area contributed by atoms with E-state index in [2.05, 4.69) is 0 Å². The van der Waals surface area contributed by atoms with Crippen molar-refractivity contribution < 1.29 is 18.4 Å². The highest BCUT2D eigenvalue weighted by molar-refractivity contribution is 6.92. The summed E-state index contributed by atoms with van der Waals surface area (Å²) in [5, 5.41) is 1.91. The molecule has 0 fully saturated rings. The van der Waals surface area contributed by atoms with Gasteiger partial charge in [-0.05, 0) is 38.1 Å². The number of esters is 1. The Hall–Kier alpha value is -1.99. The van der Waals surface area contributed by atoms with Gasteiger partial charge in [-0.1, -0.05) is 60.7 Å². The van der Waals surface area contributed by atoms with Gasteiger partial charge in [0.1, 0.15) is 6.04 Å². The van der Waals surface area contributed by atoms with E-state index in [1.54, 1.807) is 6.92 Å². The van der Waals surface area contributed by atoms with Crippen LogP contribution >= 0.6 is 0 Å². The van der Waals surface area contributed by atoms with E-state index in [1.165, 1.54) is 7.11 Å². The molecule has 2 rings (SSSR count). The normalized spacial score (nSPS) is 14.4. The fourth-order valence-corrected chi connectivity index (χ4v) is 6.54. The number of hydrogen-bond acceptors (Lipinski definition) is 5. The van der Waals surface area contributed by atoms with Crippen molar-refractivity contribution in [2.24, 2.45) is 5.73 Å². The van der Waals surface area contributed by atoms with Crippen molar-refractivity contribution in [3.05, 3.63) is 60.7 Å². The average Bonchev–Trinajstić information content (AvgIpc) is 2.66. The van der Waals surface area contributed by atoms with Crippen LogP contribution < -0.4 is 16.1 Å². The van der Waals surface area contributed by atoms with E-state index in [0.29, 0.717) is 0 Å². The molecule has 2 aromatic rings. The summed E-state index contributed by atoms with van der Waals surface area (Å²) in [6, 6.07) is 18.8. The Bertz CT molecular complexity index is 691. The topological polar surface area (TPSA) is 70.8 Å². The molecule has 2 N–H and O–H groups in total. The summed E-state index contributed by atoms with van der Waals surface area (Å²) < 4.78 is 18.0. The molecule has 0 aliphatic heterocycles. The minimum Gasteiger partial charge on any atom is -0.468 e. The maximum Gasteiger partial charge on any atom is 0.407 e. The van der Waals surface area contributed by atoms with E-state index in [-0.39, 0.29) is 0 Å². The van der Waals surface area contributed by atoms with Gasteiger partial charge in [0.05, 0.1) is 18.8 Å². The Balaban J connectivity index is 2.59. The molecular weight excluding hydrogens is 358 g/mol. The molecule has 0 unspecified atom stereocenters. The Kier molecular flexibility index (Phi) is 6.94. The number of hydrogen-bond donors (Lipinski definition) is 1. The summed E-state index contributed by atoms with van der Waals surface area (Å²) in [7, 11) is -1.84. The average molecular weight is 388 g/mol. The predicted octanol–water partition coefficient (Wildman–Crippen LogP) is 1.96. The molecule has 0 aromatic heterocycles. The van der Waals surface area contributed by atoms with Crippen LogP contribution in [0.3, 0.4) is 0 Å². The number of carbonyl (C=O) groups is 1. The molecule has 0 saturated carbocycles. The summed E-state index contributed by atoms with van der Waals surface area (Å²) in [5.74, 6) is -0.512. The fourth-order valence-electron chi connectivity index (χ4n) is 2.85. The number of ether oxygens (including phenoxy) is 1. The van der Waals surface area contributed by atoms with Crippen LogP contribution in [0.1, 0.15) is 27.7 Å². The summed E-state index contributed by atoms with van der Waals surface area (Å²) in [4.78, 5) is 11.9. The van der Waals surface area contributed by atoms with Crippen LogP contribution in [0.25, 0.3) is 0 Å². The third-order valence-corrected chi connectivity index (χ3v) is 7.88. The summed E-state index contributed by atoms with van der Waals surface area (Å²) in [6.45, 7) is 7.76. The number of nitrogens with two attached hydrogens (primary N) is 1. The molecule has 6 heteroatoms. The lowest BCUT2D eigenvalue weighted by molar-refractivity contribution is -0.144. The number of rotatable bonds is 7. The second-order valence-corrected chi connectivity index (χ2v) is 10.3. The van der Waals surface area contributed by atoms with E-state index < -0.39 is 32.3 Å². The molecule has 0 saturated heterocycles. The van der Waals surface area contributed by atoms with Gasteiger partial charge in [0.15, 0.2) is 0 Å². The lowest BCUT2D eigenvalue weighted by atomic mass is 10.2. The molecule has 0 heterocycles. The zero-order valence-corrected chi connectivity index (χ0v) is 17.6. The van der Waals surface area contributed by atoms with Gasteiger partial charge in [-0.25, -0.2) is 0 Å². The van der Waals surface area contributed by atoms with Crippen LogP contribution in [0.15, 0.2) is 60.7 Å². The third kappa shape index (κ3) is 5.26. The van der Waals surface area contributed by atoms with E-state index in [9.17, 15) is 4.79 Å². The molecule has 2 aromatic carbocycles. The van der Waals surface area contributed by atoms with Gasteiger partial charge in [-0.3, -0.25) is 4.79 Å². The van der Waals surface area contributed by atoms with Crippen molar-refractivity contribution >= 4 is 24.9 Å². The Morgan fingerprint density at radius 1 is 0.963 bits per heavy atom. The van der Waals surface area contributed by atoms with Gasteiger partial charge in [0.25, 0.3) is 0 Å². The van der Waals surface area contributed by atoms with Crippen molar-refractivity contribution in [2.45, 2.75) is 45.4 Å². The first-order valence-electron chi connectivity index (χ1n) is 9.02. The quantitative estimate of drug-likeness (QED) is 0.581. The zero-order chi connectivity index (χ0) is 20.1. The molecule has 0 radical (unpaired) electrons. The lowest BCUT2D eigenvalue weighted by Crippen LogP contribution is -2.68.